The lowest BCUT2D eigenvalue weighted by atomic mass is 10.1. The van der Waals surface area contributed by atoms with E-state index in [0.717, 1.165) is 60.9 Å². The van der Waals surface area contributed by atoms with E-state index in [0.29, 0.717) is 17.4 Å². The molecule has 8 nitrogen and oxygen atoms in total. The van der Waals surface area contributed by atoms with Crippen molar-refractivity contribution >= 4 is 29.1 Å². The molecule has 0 aliphatic carbocycles. The Labute approximate surface area is 227 Å². The second-order valence-corrected chi connectivity index (χ2v) is 10.4. The highest BCUT2D eigenvalue weighted by Gasteiger charge is 2.44. The summed E-state index contributed by atoms with van der Waals surface area (Å²) in [6.07, 6.45) is 5.82. The van der Waals surface area contributed by atoms with Gasteiger partial charge in [0.2, 0.25) is 5.78 Å². The van der Waals surface area contributed by atoms with Crippen LogP contribution in [0.2, 0.25) is 5.02 Å². The summed E-state index contributed by atoms with van der Waals surface area (Å²) >= 11 is 6.14. The molecule has 2 aromatic heterocycles. The standard InChI is InChI=1S/C29H31ClN6O2/c1-3-38-25-13-11-22(12-14-25)33(2)29(37)36-23-9-10-24(36)18-34(17-23)19-26-27(20-5-7-21(30)8-6-20)32-28-31-15-4-16-35(26)28/h4-8,11-16,23-24H,3,9-10,17-19H2,1-2H3. The van der Waals surface area contributed by atoms with Crippen molar-refractivity contribution in [1.29, 1.82) is 0 Å². The quantitative estimate of drug-likeness (QED) is 0.336. The number of likely N-dealkylation sites (tertiary alicyclic amines) is 1. The molecule has 0 radical (unpaired) electrons. The van der Waals surface area contributed by atoms with Crippen LogP contribution in [0.15, 0.2) is 67.0 Å². The first-order valence-electron chi connectivity index (χ1n) is 13.1. The predicted molar refractivity (Wildman–Crippen MR) is 149 cm³/mol. The lowest BCUT2D eigenvalue weighted by Crippen LogP contribution is -2.58. The van der Waals surface area contributed by atoms with Crippen molar-refractivity contribution in [2.45, 2.75) is 38.4 Å². The van der Waals surface area contributed by atoms with Crippen LogP contribution in [0.3, 0.4) is 0 Å². The Hall–Kier alpha value is -3.62. The number of fused-ring (bicyclic) bond motifs is 3. The Bertz CT molecular complexity index is 1420. The predicted octanol–water partition coefficient (Wildman–Crippen LogP) is 5.35. The van der Waals surface area contributed by atoms with Crippen molar-refractivity contribution < 1.29 is 9.53 Å². The first kappa shape index (κ1) is 24.7. The largest absolute Gasteiger partial charge is 0.494 e. The Balaban J connectivity index is 1.21. The topological polar surface area (TPSA) is 66.2 Å². The number of carbonyl (C=O) groups excluding carboxylic acids is 1. The van der Waals surface area contributed by atoms with Gasteiger partial charge in [-0.25, -0.2) is 14.8 Å². The molecule has 2 aliphatic heterocycles. The van der Waals surface area contributed by atoms with E-state index in [9.17, 15) is 4.79 Å². The van der Waals surface area contributed by atoms with E-state index >= 15 is 0 Å². The molecule has 2 fully saturated rings. The lowest BCUT2D eigenvalue weighted by molar-refractivity contribution is 0.0869. The number of ether oxygens (including phenoxy) is 1. The van der Waals surface area contributed by atoms with Gasteiger partial charge in [-0.05, 0) is 62.2 Å². The van der Waals surface area contributed by atoms with Crippen LogP contribution in [0.25, 0.3) is 17.0 Å². The number of carbonyl (C=O) groups is 1. The molecule has 2 aromatic carbocycles. The summed E-state index contributed by atoms with van der Waals surface area (Å²) in [7, 11) is 1.85. The third-order valence-corrected chi connectivity index (χ3v) is 7.85. The number of anilines is 1. The second kappa shape index (κ2) is 10.3. The smallest absolute Gasteiger partial charge is 0.324 e. The first-order valence-corrected chi connectivity index (χ1v) is 13.5. The van der Waals surface area contributed by atoms with Crippen LogP contribution < -0.4 is 9.64 Å². The van der Waals surface area contributed by atoms with Gasteiger partial charge in [0.05, 0.1) is 18.0 Å². The molecule has 9 heteroatoms. The van der Waals surface area contributed by atoms with Crippen molar-refractivity contribution in [1.82, 2.24) is 24.2 Å². The van der Waals surface area contributed by atoms with E-state index < -0.39 is 0 Å². The summed E-state index contributed by atoms with van der Waals surface area (Å²) in [5.74, 6) is 1.49. The molecule has 2 amide bonds. The van der Waals surface area contributed by atoms with Crippen molar-refractivity contribution in [2.24, 2.45) is 0 Å². The monoisotopic (exact) mass is 530 g/mol. The van der Waals surface area contributed by atoms with Crippen LogP contribution in [-0.2, 0) is 6.54 Å². The number of rotatable bonds is 6. The molecule has 196 valence electrons. The Kier molecular flexibility index (Phi) is 6.68. The molecule has 2 unspecified atom stereocenters. The third kappa shape index (κ3) is 4.59. The summed E-state index contributed by atoms with van der Waals surface area (Å²) in [6, 6.07) is 17.9. The number of hydrogen-bond donors (Lipinski definition) is 0. The van der Waals surface area contributed by atoms with Gasteiger partial charge in [0.25, 0.3) is 0 Å². The highest BCUT2D eigenvalue weighted by molar-refractivity contribution is 6.30. The van der Waals surface area contributed by atoms with Crippen molar-refractivity contribution in [3.05, 3.63) is 77.7 Å². The molecule has 2 bridgehead atoms. The molecule has 6 rings (SSSR count). The average Bonchev–Trinajstić information content (AvgIpc) is 3.43. The Morgan fingerprint density at radius 1 is 1.08 bits per heavy atom. The molecule has 4 aromatic rings. The van der Waals surface area contributed by atoms with E-state index in [1.807, 2.05) is 74.8 Å². The van der Waals surface area contributed by atoms with E-state index in [4.69, 9.17) is 21.3 Å². The van der Waals surface area contributed by atoms with Crippen LogP contribution in [0.1, 0.15) is 25.5 Å². The fraction of sp³-hybridized carbons (Fsp3) is 0.345. The van der Waals surface area contributed by atoms with Gasteiger partial charge >= 0.3 is 6.03 Å². The van der Waals surface area contributed by atoms with Crippen LogP contribution >= 0.6 is 11.6 Å². The Morgan fingerprint density at radius 3 is 2.47 bits per heavy atom. The fourth-order valence-electron chi connectivity index (χ4n) is 5.78. The molecule has 0 spiro atoms. The van der Waals surface area contributed by atoms with E-state index in [1.165, 1.54) is 0 Å². The summed E-state index contributed by atoms with van der Waals surface area (Å²) in [4.78, 5) is 29.2. The maximum Gasteiger partial charge on any atom is 0.324 e. The van der Waals surface area contributed by atoms with Gasteiger partial charge in [0.15, 0.2) is 0 Å². The lowest BCUT2D eigenvalue weighted by Gasteiger charge is -2.42. The molecule has 0 N–H and O–H groups in total. The number of halogens is 1. The minimum Gasteiger partial charge on any atom is -0.494 e. The normalized spacial score (nSPS) is 19.2. The van der Waals surface area contributed by atoms with E-state index in [2.05, 4.69) is 19.2 Å². The molecule has 0 saturated carbocycles. The molecule has 2 saturated heterocycles. The summed E-state index contributed by atoms with van der Waals surface area (Å²) in [5, 5.41) is 0.699. The molecule has 4 heterocycles. The highest BCUT2D eigenvalue weighted by Crippen LogP contribution is 2.34. The summed E-state index contributed by atoms with van der Waals surface area (Å²) in [6.45, 7) is 4.97. The van der Waals surface area contributed by atoms with Gasteiger partial charge < -0.3 is 9.64 Å². The zero-order valence-corrected chi connectivity index (χ0v) is 22.4. The van der Waals surface area contributed by atoms with E-state index in [1.54, 1.807) is 11.1 Å². The maximum absolute atomic E-state index is 13.6. The number of urea groups is 1. The molecular formula is C29H31ClN6O2. The van der Waals surface area contributed by atoms with Crippen LogP contribution in [0.4, 0.5) is 10.5 Å². The molecule has 38 heavy (non-hydrogen) atoms. The number of amides is 2. The fourth-order valence-corrected chi connectivity index (χ4v) is 5.91. The number of piperazine rings is 1. The zero-order valence-electron chi connectivity index (χ0n) is 21.6. The van der Waals surface area contributed by atoms with Gasteiger partial charge in [-0.2, -0.15) is 0 Å². The van der Waals surface area contributed by atoms with Crippen molar-refractivity contribution in [2.75, 3.05) is 31.6 Å². The van der Waals surface area contributed by atoms with Gasteiger partial charge in [-0.1, -0.05) is 23.7 Å². The van der Waals surface area contributed by atoms with Crippen LogP contribution in [0.5, 0.6) is 5.75 Å². The van der Waals surface area contributed by atoms with Crippen LogP contribution in [-0.4, -0.2) is 69.0 Å². The Morgan fingerprint density at radius 2 is 1.79 bits per heavy atom. The van der Waals surface area contributed by atoms with Gasteiger partial charge in [-0.3, -0.25) is 14.2 Å². The van der Waals surface area contributed by atoms with Crippen molar-refractivity contribution in [3.63, 3.8) is 0 Å². The summed E-state index contributed by atoms with van der Waals surface area (Å²) < 4.78 is 7.62. The number of imidazole rings is 1. The first-order chi connectivity index (χ1) is 18.5. The molecule has 2 atom stereocenters. The summed E-state index contributed by atoms with van der Waals surface area (Å²) in [5.41, 5.74) is 3.90. The zero-order chi connectivity index (χ0) is 26.2. The number of hydrogen-bond acceptors (Lipinski definition) is 5. The average molecular weight is 531 g/mol. The molecule has 2 aliphatic rings. The molecular weight excluding hydrogens is 500 g/mol. The van der Waals surface area contributed by atoms with Gasteiger partial charge in [0.1, 0.15) is 5.75 Å². The number of benzene rings is 2. The highest BCUT2D eigenvalue weighted by atomic mass is 35.5. The van der Waals surface area contributed by atoms with Crippen LogP contribution in [0, 0.1) is 0 Å². The maximum atomic E-state index is 13.6. The SMILES string of the molecule is CCOc1ccc(N(C)C(=O)N2C3CCC2CN(Cc2c(-c4ccc(Cl)cc4)nc4ncccn24)C3)cc1. The third-order valence-electron chi connectivity index (χ3n) is 7.59. The van der Waals surface area contributed by atoms with Gasteiger partial charge in [-0.15, -0.1) is 0 Å². The minimum absolute atomic E-state index is 0.0576. The second-order valence-electron chi connectivity index (χ2n) is 9.96. The number of nitrogens with zero attached hydrogens (tertiary/aromatic N) is 6. The minimum atomic E-state index is 0.0576. The van der Waals surface area contributed by atoms with Crippen molar-refractivity contribution in [3.8, 4) is 17.0 Å². The number of aromatic nitrogens is 3. The van der Waals surface area contributed by atoms with E-state index in [-0.39, 0.29) is 18.1 Å². The van der Waals surface area contributed by atoms with Gasteiger partial charge in [0, 0.05) is 67.4 Å².